The van der Waals surface area contributed by atoms with Crippen LogP contribution in [-0.2, 0) is 0 Å². The van der Waals surface area contributed by atoms with Crippen LogP contribution in [-0.4, -0.2) is 53.7 Å². The van der Waals surface area contributed by atoms with Crippen LogP contribution >= 0.6 is 15.9 Å². The molecule has 112 valence electrons. The molecule has 2 rings (SSSR count). The van der Waals surface area contributed by atoms with E-state index in [0.717, 1.165) is 42.6 Å². The summed E-state index contributed by atoms with van der Waals surface area (Å²) >= 11 is 3.45. The SMILES string of the molecule is CN1CCN(CCC(O)c2cccc(Br)c2)CC1(C)C. The summed E-state index contributed by atoms with van der Waals surface area (Å²) in [6.07, 6.45) is 0.409. The fourth-order valence-corrected chi connectivity index (χ4v) is 3.13. The Bertz CT molecular complexity index is 450. The highest BCUT2D eigenvalue weighted by Crippen LogP contribution is 2.23. The Kier molecular flexibility index (Phi) is 5.24. The molecule has 0 aliphatic carbocycles. The second-order valence-electron chi connectivity index (χ2n) is 6.37. The van der Waals surface area contributed by atoms with Gasteiger partial charge in [0, 0.05) is 36.2 Å². The number of aliphatic hydroxyl groups excluding tert-OH is 1. The molecule has 0 spiro atoms. The molecular formula is C16H25BrN2O. The summed E-state index contributed by atoms with van der Waals surface area (Å²) in [5, 5.41) is 10.3. The number of hydrogen-bond acceptors (Lipinski definition) is 3. The lowest BCUT2D eigenvalue weighted by Gasteiger charge is -2.45. The van der Waals surface area contributed by atoms with E-state index in [9.17, 15) is 5.11 Å². The van der Waals surface area contributed by atoms with Crippen LogP contribution in [0.3, 0.4) is 0 Å². The molecule has 1 unspecified atom stereocenters. The first-order valence-electron chi connectivity index (χ1n) is 7.25. The zero-order valence-corrected chi connectivity index (χ0v) is 14.2. The summed E-state index contributed by atoms with van der Waals surface area (Å²) in [5.41, 5.74) is 1.21. The largest absolute Gasteiger partial charge is 0.388 e. The molecule has 0 bridgehead atoms. The molecule has 1 saturated heterocycles. The van der Waals surface area contributed by atoms with Gasteiger partial charge < -0.3 is 10.0 Å². The van der Waals surface area contributed by atoms with Gasteiger partial charge in [-0.3, -0.25) is 4.90 Å². The predicted molar refractivity (Wildman–Crippen MR) is 86.9 cm³/mol. The Morgan fingerprint density at radius 2 is 2.10 bits per heavy atom. The number of benzene rings is 1. The molecule has 0 saturated carbocycles. The Balaban J connectivity index is 1.86. The van der Waals surface area contributed by atoms with Crippen LogP contribution in [0.4, 0.5) is 0 Å². The first-order chi connectivity index (χ1) is 9.38. The van der Waals surface area contributed by atoms with Crippen molar-refractivity contribution in [2.75, 3.05) is 33.2 Å². The van der Waals surface area contributed by atoms with Crippen molar-refractivity contribution in [1.82, 2.24) is 9.80 Å². The normalized spacial score (nSPS) is 21.9. The highest BCUT2D eigenvalue weighted by molar-refractivity contribution is 9.10. The number of nitrogens with zero attached hydrogens (tertiary/aromatic N) is 2. The molecule has 0 amide bonds. The summed E-state index contributed by atoms with van der Waals surface area (Å²) in [4.78, 5) is 4.87. The third-order valence-corrected chi connectivity index (χ3v) is 4.84. The summed E-state index contributed by atoms with van der Waals surface area (Å²) in [7, 11) is 2.19. The Morgan fingerprint density at radius 1 is 1.35 bits per heavy atom. The lowest BCUT2D eigenvalue weighted by atomic mass is 9.99. The molecule has 1 heterocycles. The molecule has 1 aliphatic heterocycles. The van der Waals surface area contributed by atoms with Crippen LogP contribution < -0.4 is 0 Å². The molecular weight excluding hydrogens is 316 g/mol. The van der Waals surface area contributed by atoms with Crippen LogP contribution in [0.5, 0.6) is 0 Å². The topological polar surface area (TPSA) is 26.7 Å². The molecule has 1 atom stereocenters. The molecule has 0 radical (unpaired) electrons. The lowest BCUT2D eigenvalue weighted by Crippen LogP contribution is -2.57. The first-order valence-corrected chi connectivity index (χ1v) is 8.05. The Labute approximate surface area is 130 Å². The van der Waals surface area contributed by atoms with Gasteiger partial charge in [0.1, 0.15) is 0 Å². The van der Waals surface area contributed by atoms with E-state index >= 15 is 0 Å². The van der Waals surface area contributed by atoms with E-state index in [2.05, 4.69) is 46.6 Å². The fourth-order valence-electron chi connectivity index (χ4n) is 2.72. The van der Waals surface area contributed by atoms with E-state index in [1.54, 1.807) is 0 Å². The van der Waals surface area contributed by atoms with E-state index < -0.39 is 0 Å². The third-order valence-electron chi connectivity index (χ3n) is 4.35. The highest BCUT2D eigenvalue weighted by Gasteiger charge is 2.30. The minimum atomic E-state index is -0.379. The number of rotatable bonds is 4. The highest BCUT2D eigenvalue weighted by atomic mass is 79.9. The molecule has 4 heteroatoms. The second kappa shape index (κ2) is 6.56. The van der Waals surface area contributed by atoms with Crippen LogP contribution in [0.2, 0.25) is 0 Å². The summed E-state index contributed by atoms with van der Waals surface area (Å²) in [6, 6.07) is 7.95. The third kappa shape index (κ3) is 4.04. The van der Waals surface area contributed by atoms with Crippen LogP contribution in [0, 0.1) is 0 Å². The molecule has 20 heavy (non-hydrogen) atoms. The summed E-state index contributed by atoms with van der Waals surface area (Å²) in [5.74, 6) is 0. The van der Waals surface area contributed by atoms with Crippen LogP contribution in [0.25, 0.3) is 0 Å². The maximum Gasteiger partial charge on any atom is 0.0802 e. The molecule has 3 nitrogen and oxygen atoms in total. The minimum absolute atomic E-state index is 0.221. The van der Waals surface area contributed by atoms with Crippen molar-refractivity contribution in [3.63, 3.8) is 0 Å². The van der Waals surface area contributed by atoms with Crippen molar-refractivity contribution in [2.24, 2.45) is 0 Å². The number of hydrogen-bond donors (Lipinski definition) is 1. The maximum absolute atomic E-state index is 10.3. The van der Waals surface area contributed by atoms with Crippen molar-refractivity contribution in [1.29, 1.82) is 0 Å². The van der Waals surface area contributed by atoms with Gasteiger partial charge in [0.2, 0.25) is 0 Å². The van der Waals surface area contributed by atoms with Crippen molar-refractivity contribution in [3.05, 3.63) is 34.3 Å². The average molecular weight is 341 g/mol. The van der Waals surface area contributed by atoms with Gasteiger partial charge in [-0.2, -0.15) is 0 Å². The van der Waals surface area contributed by atoms with Gasteiger partial charge in [0.15, 0.2) is 0 Å². The zero-order chi connectivity index (χ0) is 14.8. The second-order valence-corrected chi connectivity index (χ2v) is 7.29. The number of likely N-dealkylation sites (N-methyl/N-ethyl adjacent to an activating group) is 1. The van der Waals surface area contributed by atoms with Crippen molar-refractivity contribution in [3.8, 4) is 0 Å². The van der Waals surface area contributed by atoms with E-state index in [1.165, 1.54) is 0 Å². The number of halogens is 1. The smallest absolute Gasteiger partial charge is 0.0802 e. The average Bonchev–Trinajstić information content (AvgIpc) is 2.39. The standard InChI is InChI=1S/C16H25BrN2O/c1-16(2)12-19(10-9-18(16)3)8-7-15(20)13-5-4-6-14(17)11-13/h4-6,11,15,20H,7-10,12H2,1-3H3. The monoisotopic (exact) mass is 340 g/mol. The first kappa shape index (κ1) is 16.0. The van der Waals surface area contributed by atoms with Gasteiger partial charge in [-0.25, -0.2) is 0 Å². The van der Waals surface area contributed by atoms with Crippen LogP contribution in [0.1, 0.15) is 31.9 Å². The minimum Gasteiger partial charge on any atom is -0.388 e. The van der Waals surface area contributed by atoms with Gasteiger partial charge in [-0.1, -0.05) is 28.1 Å². The molecule has 1 fully saturated rings. The summed E-state index contributed by atoms with van der Waals surface area (Å²) < 4.78 is 1.02. The predicted octanol–water partition coefficient (Wildman–Crippen LogP) is 2.90. The number of aliphatic hydroxyl groups is 1. The van der Waals surface area contributed by atoms with Gasteiger partial charge in [-0.05, 0) is 45.0 Å². The van der Waals surface area contributed by atoms with E-state index in [1.807, 2.05) is 24.3 Å². The lowest BCUT2D eigenvalue weighted by molar-refractivity contribution is 0.0313. The fraction of sp³-hybridized carbons (Fsp3) is 0.625. The van der Waals surface area contributed by atoms with E-state index in [0.29, 0.717) is 0 Å². The van der Waals surface area contributed by atoms with Gasteiger partial charge in [0.25, 0.3) is 0 Å². The molecule has 1 N–H and O–H groups in total. The Morgan fingerprint density at radius 3 is 2.75 bits per heavy atom. The molecule has 1 aromatic carbocycles. The quantitative estimate of drug-likeness (QED) is 0.912. The maximum atomic E-state index is 10.3. The molecule has 1 aromatic rings. The van der Waals surface area contributed by atoms with Gasteiger partial charge in [0.05, 0.1) is 6.10 Å². The van der Waals surface area contributed by atoms with E-state index in [-0.39, 0.29) is 11.6 Å². The van der Waals surface area contributed by atoms with Gasteiger partial charge >= 0.3 is 0 Å². The van der Waals surface area contributed by atoms with E-state index in [4.69, 9.17) is 0 Å². The Hall–Kier alpha value is -0.420. The van der Waals surface area contributed by atoms with Crippen LogP contribution in [0.15, 0.2) is 28.7 Å². The number of piperazine rings is 1. The zero-order valence-electron chi connectivity index (χ0n) is 12.6. The van der Waals surface area contributed by atoms with Crippen molar-refractivity contribution in [2.45, 2.75) is 31.9 Å². The molecule has 1 aliphatic rings. The molecule has 0 aromatic heterocycles. The van der Waals surface area contributed by atoms with Crippen molar-refractivity contribution >= 4 is 15.9 Å². The van der Waals surface area contributed by atoms with Crippen molar-refractivity contribution < 1.29 is 5.11 Å². The summed E-state index contributed by atoms with van der Waals surface area (Å²) in [6.45, 7) is 8.76. The van der Waals surface area contributed by atoms with Gasteiger partial charge in [-0.15, -0.1) is 0 Å².